The van der Waals surface area contributed by atoms with E-state index in [1.54, 1.807) is 31.2 Å². The van der Waals surface area contributed by atoms with E-state index in [1.807, 2.05) is 0 Å². The zero-order valence-electron chi connectivity index (χ0n) is 12.8. The van der Waals surface area contributed by atoms with Crippen LogP contribution in [0, 0.1) is 6.92 Å². The highest BCUT2D eigenvalue weighted by Crippen LogP contribution is 2.25. The number of hydrogen-bond donors (Lipinski definition) is 1. The predicted octanol–water partition coefficient (Wildman–Crippen LogP) is 3.06. The standard InChI is InChI=1S/C16H16N2O4S/c1-4-9-22-15(20)13-10(2)17-16(23-13)18-14(19)11-7-5-6-8-12(11)21-3/h4-8H,1,9H2,2-3H3,(H,17,18,19). The molecule has 1 aromatic heterocycles. The van der Waals surface area contributed by atoms with E-state index in [-0.39, 0.29) is 12.5 Å². The van der Waals surface area contributed by atoms with Crippen molar-refractivity contribution >= 4 is 28.3 Å². The number of nitrogens with one attached hydrogen (secondary N) is 1. The van der Waals surface area contributed by atoms with Crippen molar-refractivity contribution in [3.63, 3.8) is 0 Å². The van der Waals surface area contributed by atoms with Crippen LogP contribution in [0.3, 0.4) is 0 Å². The van der Waals surface area contributed by atoms with Gasteiger partial charge in [0.2, 0.25) is 0 Å². The molecule has 0 saturated carbocycles. The Labute approximate surface area is 137 Å². The van der Waals surface area contributed by atoms with Gasteiger partial charge < -0.3 is 9.47 Å². The fourth-order valence-electron chi connectivity index (χ4n) is 1.84. The van der Waals surface area contributed by atoms with Gasteiger partial charge in [-0.05, 0) is 19.1 Å². The number of rotatable bonds is 6. The van der Waals surface area contributed by atoms with E-state index in [4.69, 9.17) is 9.47 Å². The molecule has 23 heavy (non-hydrogen) atoms. The summed E-state index contributed by atoms with van der Waals surface area (Å²) in [6.07, 6.45) is 1.48. The van der Waals surface area contributed by atoms with Crippen LogP contribution in [0.2, 0.25) is 0 Å². The second-order valence-corrected chi connectivity index (χ2v) is 5.47. The van der Waals surface area contributed by atoms with Gasteiger partial charge in [0.05, 0.1) is 18.4 Å². The molecule has 0 bridgehead atoms. The third-order valence-electron chi connectivity index (χ3n) is 2.89. The number of methoxy groups -OCH3 is 1. The lowest BCUT2D eigenvalue weighted by Gasteiger charge is -2.06. The molecule has 0 fully saturated rings. The van der Waals surface area contributed by atoms with E-state index in [0.717, 1.165) is 11.3 Å². The Hall–Kier alpha value is -2.67. The second kappa shape index (κ2) is 7.55. The van der Waals surface area contributed by atoms with Crippen LogP contribution in [0.5, 0.6) is 5.75 Å². The van der Waals surface area contributed by atoms with Crippen molar-refractivity contribution in [3.8, 4) is 5.75 Å². The van der Waals surface area contributed by atoms with Crippen LogP contribution in [0.1, 0.15) is 25.7 Å². The van der Waals surface area contributed by atoms with Gasteiger partial charge in [-0.3, -0.25) is 10.1 Å². The number of carbonyl (C=O) groups excluding carboxylic acids is 2. The van der Waals surface area contributed by atoms with Crippen LogP contribution in [0.15, 0.2) is 36.9 Å². The van der Waals surface area contributed by atoms with Gasteiger partial charge in [0.25, 0.3) is 5.91 Å². The maximum atomic E-state index is 12.3. The molecule has 0 aliphatic rings. The van der Waals surface area contributed by atoms with Crippen molar-refractivity contribution in [2.24, 2.45) is 0 Å². The van der Waals surface area contributed by atoms with Gasteiger partial charge >= 0.3 is 5.97 Å². The summed E-state index contributed by atoms with van der Waals surface area (Å²) in [4.78, 5) is 28.7. The van der Waals surface area contributed by atoms with Crippen LogP contribution in [0.25, 0.3) is 0 Å². The first-order valence-corrected chi connectivity index (χ1v) is 7.58. The van der Waals surface area contributed by atoms with Crippen LogP contribution in [0.4, 0.5) is 5.13 Å². The van der Waals surface area contributed by atoms with Crippen molar-refractivity contribution in [2.45, 2.75) is 6.92 Å². The fraction of sp³-hybridized carbons (Fsp3) is 0.188. The number of esters is 1. The molecule has 0 atom stereocenters. The minimum Gasteiger partial charge on any atom is -0.496 e. The number of benzene rings is 1. The Balaban J connectivity index is 2.16. The number of aromatic nitrogens is 1. The van der Waals surface area contributed by atoms with Crippen molar-refractivity contribution < 1.29 is 19.1 Å². The van der Waals surface area contributed by atoms with Crippen molar-refractivity contribution in [2.75, 3.05) is 19.0 Å². The summed E-state index contributed by atoms with van der Waals surface area (Å²) in [7, 11) is 1.49. The highest BCUT2D eigenvalue weighted by Gasteiger charge is 2.19. The van der Waals surface area contributed by atoms with E-state index >= 15 is 0 Å². The lowest BCUT2D eigenvalue weighted by molar-refractivity contribution is 0.0554. The van der Waals surface area contributed by atoms with Crippen LogP contribution >= 0.6 is 11.3 Å². The maximum Gasteiger partial charge on any atom is 0.350 e. The normalized spacial score (nSPS) is 10.0. The number of hydrogen-bond acceptors (Lipinski definition) is 6. The van der Waals surface area contributed by atoms with Gasteiger partial charge in [0, 0.05) is 0 Å². The molecule has 1 heterocycles. The Morgan fingerprint density at radius 1 is 1.39 bits per heavy atom. The molecular weight excluding hydrogens is 316 g/mol. The molecule has 7 heteroatoms. The lowest BCUT2D eigenvalue weighted by Crippen LogP contribution is -2.12. The molecule has 0 radical (unpaired) electrons. The number of para-hydroxylation sites is 1. The lowest BCUT2D eigenvalue weighted by atomic mass is 10.2. The summed E-state index contributed by atoms with van der Waals surface area (Å²) in [6.45, 7) is 5.29. The average Bonchev–Trinajstić information content (AvgIpc) is 2.92. The molecule has 2 aromatic rings. The monoisotopic (exact) mass is 332 g/mol. The van der Waals surface area contributed by atoms with E-state index in [2.05, 4.69) is 16.9 Å². The average molecular weight is 332 g/mol. The van der Waals surface area contributed by atoms with E-state index in [0.29, 0.717) is 27.0 Å². The number of anilines is 1. The molecule has 1 N–H and O–H groups in total. The quantitative estimate of drug-likeness (QED) is 0.650. The maximum absolute atomic E-state index is 12.3. The first kappa shape index (κ1) is 16.7. The molecule has 0 spiro atoms. The number of amides is 1. The van der Waals surface area contributed by atoms with Crippen molar-refractivity contribution in [1.82, 2.24) is 4.98 Å². The summed E-state index contributed by atoms with van der Waals surface area (Å²) in [5.74, 6) is -0.385. The third-order valence-corrected chi connectivity index (χ3v) is 3.94. The largest absolute Gasteiger partial charge is 0.496 e. The second-order valence-electron chi connectivity index (χ2n) is 4.48. The van der Waals surface area contributed by atoms with Crippen molar-refractivity contribution in [1.29, 1.82) is 0 Å². The summed E-state index contributed by atoms with van der Waals surface area (Å²) >= 11 is 1.06. The SMILES string of the molecule is C=CCOC(=O)c1sc(NC(=O)c2ccccc2OC)nc1C. The predicted molar refractivity (Wildman–Crippen MR) is 88.3 cm³/mol. The smallest absolute Gasteiger partial charge is 0.350 e. The first-order chi connectivity index (χ1) is 11.1. The number of aryl methyl sites for hydroxylation is 1. The minimum absolute atomic E-state index is 0.124. The molecule has 0 aliphatic heterocycles. The molecule has 120 valence electrons. The van der Waals surface area contributed by atoms with Crippen LogP contribution in [-0.2, 0) is 4.74 Å². The molecule has 0 saturated heterocycles. The van der Waals surface area contributed by atoms with E-state index in [1.165, 1.54) is 13.2 Å². The number of carbonyl (C=O) groups is 2. The Morgan fingerprint density at radius 3 is 2.83 bits per heavy atom. The highest BCUT2D eigenvalue weighted by molar-refractivity contribution is 7.17. The van der Waals surface area contributed by atoms with Crippen LogP contribution < -0.4 is 10.1 Å². The molecule has 6 nitrogen and oxygen atoms in total. The molecule has 0 aliphatic carbocycles. The molecule has 2 rings (SSSR count). The van der Waals surface area contributed by atoms with E-state index < -0.39 is 5.97 Å². The molecule has 1 aromatic carbocycles. The highest BCUT2D eigenvalue weighted by atomic mass is 32.1. The zero-order chi connectivity index (χ0) is 16.8. The van der Waals surface area contributed by atoms with Gasteiger partial charge in [-0.1, -0.05) is 36.1 Å². The molecule has 0 unspecified atom stereocenters. The molecule has 1 amide bonds. The number of nitrogens with zero attached hydrogens (tertiary/aromatic N) is 1. The summed E-state index contributed by atoms with van der Waals surface area (Å²) in [6, 6.07) is 6.85. The topological polar surface area (TPSA) is 77.5 Å². The van der Waals surface area contributed by atoms with Gasteiger partial charge in [-0.25, -0.2) is 9.78 Å². The minimum atomic E-state index is -0.488. The Kier molecular flexibility index (Phi) is 5.48. The zero-order valence-corrected chi connectivity index (χ0v) is 13.6. The third kappa shape index (κ3) is 3.95. The summed E-state index contributed by atoms with van der Waals surface area (Å²) < 4.78 is 10.1. The molecular formula is C16H16N2O4S. The van der Waals surface area contributed by atoms with Crippen molar-refractivity contribution in [3.05, 3.63) is 53.1 Å². The first-order valence-electron chi connectivity index (χ1n) is 6.76. The summed E-state index contributed by atoms with van der Waals surface area (Å²) in [5, 5.41) is 2.99. The number of ether oxygens (including phenoxy) is 2. The van der Waals surface area contributed by atoms with E-state index in [9.17, 15) is 9.59 Å². The fourth-order valence-corrected chi connectivity index (χ4v) is 2.69. The van der Waals surface area contributed by atoms with Gasteiger partial charge in [-0.2, -0.15) is 0 Å². The number of thiazole rings is 1. The van der Waals surface area contributed by atoms with Gasteiger partial charge in [0.15, 0.2) is 5.13 Å². The Bertz CT molecular complexity index is 739. The van der Waals surface area contributed by atoms with Gasteiger partial charge in [-0.15, -0.1) is 0 Å². The summed E-state index contributed by atoms with van der Waals surface area (Å²) in [5.41, 5.74) is 0.887. The Morgan fingerprint density at radius 2 is 2.13 bits per heavy atom. The van der Waals surface area contributed by atoms with Gasteiger partial charge in [0.1, 0.15) is 17.2 Å². The van der Waals surface area contributed by atoms with Crippen LogP contribution in [-0.4, -0.2) is 30.6 Å².